The summed E-state index contributed by atoms with van der Waals surface area (Å²) in [6.45, 7) is 8.04. The highest BCUT2D eigenvalue weighted by atomic mass is 19.1. The molecule has 1 aromatic carbocycles. The summed E-state index contributed by atoms with van der Waals surface area (Å²) in [6.07, 6.45) is 2.52. The van der Waals surface area contributed by atoms with Gasteiger partial charge in [0.2, 0.25) is 0 Å². The summed E-state index contributed by atoms with van der Waals surface area (Å²) in [5.74, 6) is -0.140. The zero-order chi connectivity index (χ0) is 13.1. The highest BCUT2D eigenvalue weighted by Gasteiger charge is 2.20. The van der Waals surface area contributed by atoms with Gasteiger partial charge in [0.15, 0.2) is 0 Å². The molecule has 0 aromatic heterocycles. The first-order chi connectivity index (χ1) is 8.60. The van der Waals surface area contributed by atoms with Gasteiger partial charge in [-0.25, -0.2) is 4.39 Å². The van der Waals surface area contributed by atoms with E-state index in [1.54, 1.807) is 12.1 Å². The van der Waals surface area contributed by atoms with Gasteiger partial charge in [0.05, 0.1) is 0 Å². The molecule has 0 bridgehead atoms. The second-order valence-corrected chi connectivity index (χ2v) is 5.35. The van der Waals surface area contributed by atoms with Crippen molar-refractivity contribution < 1.29 is 4.39 Å². The normalized spacial score (nSPS) is 15.2. The van der Waals surface area contributed by atoms with Crippen LogP contribution in [0.3, 0.4) is 0 Å². The molecule has 100 valence electrons. The molecule has 0 unspecified atom stereocenters. The smallest absolute Gasteiger partial charge is 0.125 e. The molecule has 0 radical (unpaired) electrons. The quantitative estimate of drug-likeness (QED) is 0.833. The SMILES string of the molecule is CCN(c1cc(F)cc(CNC2CC2)c1)C(C)C. The molecule has 0 spiro atoms. The van der Waals surface area contributed by atoms with E-state index in [0.29, 0.717) is 12.1 Å². The molecular formula is C15H23FN2. The Kier molecular flexibility index (Phi) is 4.23. The van der Waals surface area contributed by atoms with E-state index < -0.39 is 0 Å². The topological polar surface area (TPSA) is 15.3 Å². The maximum Gasteiger partial charge on any atom is 0.125 e. The Morgan fingerprint density at radius 2 is 2.06 bits per heavy atom. The zero-order valence-electron chi connectivity index (χ0n) is 11.5. The molecule has 0 heterocycles. The number of rotatable bonds is 6. The van der Waals surface area contributed by atoms with Crippen LogP contribution in [0.15, 0.2) is 18.2 Å². The molecule has 2 rings (SSSR count). The molecule has 0 saturated heterocycles. The molecule has 1 fully saturated rings. The molecule has 3 heteroatoms. The lowest BCUT2D eigenvalue weighted by Crippen LogP contribution is -2.30. The van der Waals surface area contributed by atoms with Crippen LogP contribution in [0, 0.1) is 5.82 Å². The van der Waals surface area contributed by atoms with Gasteiger partial charge in [-0.2, -0.15) is 0 Å². The van der Waals surface area contributed by atoms with Crippen molar-refractivity contribution in [2.75, 3.05) is 11.4 Å². The van der Waals surface area contributed by atoms with Gasteiger partial charge in [-0.1, -0.05) is 0 Å². The molecule has 18 heavy (non-hydrogen) atoms. The van der Waals surface area contributed by atoms with Gasteiger partial charge < -0.3 is 10.2 Å². The second-order valence-electron chi connectivity index (χ2n) is 5.35. The molecule has 1 N–H and O–H groups in total. The predicted molar refractivity (Wildman–Crippen MR) is 74.4 cm³/mol. The molecule has 1 aromatic rings. The monoisotopic (exact) mass is 250 g/mol. The van der Waals surface area contributed by atoms with Gasteiger partial charge in [-0.05, 0) is 57.4 Å². The van der Waals surface area contributed by atoms with Crippen molar-refractivity contribution in [3.63, 3.8) is 0 Å². The Morgan fingerprint density at radius 3 is 2.61 bits per heavy atom. The Morgan fingerprint density at radius 1 is 1.33 bits per heavy atom. The van der Waals surface area contributed by atoms with Crippen molar-refractivity contribution >= 4 is 5.69 Å². The van der Waals surface area contributed by atoms with Gasteiger partial charge in [0.1, 0.15) is 5.82 Å². The third kappa shape index (κ3) is 3.45. The first-order valence-electron chi connectivity index (χ1n) is 6.89. The van der Waals surface area contributed by atoms with E-state index in [9.17, 15) is 4.39 Å². The zero-order valence-corrected chi connectivity index (χ0v) is 11.5. The molecule has 0 atom stereocenters. The summed E-state index contributed by atoms with van der Waals surface area (Å²) in [5, 5.41) is 3.43. The van der Waals surface area contributed by atoms with Gasteiger partial charge in [-0.15, -0.1) is 0 Å². The van der Waals surface area contributed by atoms with E-state index in [0.717, 1.165) is 24.3 Å². The maximum atomic E-state index is 13.7. The van der Waals surface area contributed by atoms with Crippen LogP contribution in [0.5, 0.6) is 0 Å². The van der Waals surface area contributed by atoms with Crippen LogP contribution in [0.1, 0.15) is 39.2 Å². The van der Waals surface area contributed by atoms with E-state index in [4.69, 9.17) is 0 Å². The molecule has 0 amide bonds. The van der Waals surface area contributed by atoms with Crippen molar-refractivity contribution in [1.29, 1.82) is 0 Å². The van der Waals surface area contributed by atoms with E-state index >= 15 is 0 Å². The number of halogens is 1. The Hall–Kier alpha value is -1.09. The summed E-state index contributed by atoms with van der Waals surface area (Å²) in [5.41, 5.74) is 2.02. The Bertz CT molecular complexity index is 399. The minimum Gasteiger partial charge on any atom is -0.369 e. The highest BCUT2D eigenvalue weighted by Crippen LogP contribution is 2.23. The summed E-state index contributed by atoms with van der Waals surface area (Å²) < 4.78 is 13.7. The van der Waals surface area contributed by atoms with Crippen LogP contribution >= 0.6 is 0 Å². The van der Waals surface area contributed by atoms with E-state index in [1.807, 2.05) is 0 Å². The predicted octanol–water partition coefficient (Wildman–Crippen LogP) is 3.31. The highest BCUT2D eigenvalue weighted by molar-refractivity contribution is 5.49. The minimum absolute atomic E-state index is 0.140. The van der Waals surface area contributed by atoms with Crippen LogP contribution in [0.25, 0.3) is 0 Å². The lowest BCUT2D eigenvalue weighted by Gasteiger charge is -2.28. The summed E-state index contributed by atoms with van der Waals surface area (Å²) in [6, 6.07) is 6.41. The first kappa shape index (κ1) is 13.3. The molecule has 0 aliphatic heterocycles. The number of hydrogen-bond acceptors (Lipinski definition) is 2. The van der Waals surface area contributed by atoms with Crippen molar-refractivity contribution in [3.8, 4) is 0 Å². The van der Waals surface area contributed by atoms with E-state index in [-0.39, 0.29) is 5.82 Å². The molecule has 2 nitrogen and oxygen atoms in total. The second kappa shape index (κ2) is 5.70. The number of anilines is 1. The number of hydrogen-bond donors (Lipinski definition) is 1. The fourth-order valence-corrected chi connectivity index (χ4v) is 2.30. The van der Waals surface area contributed by atoms with Crippen LogP contribution in [0.2, 0.25) is 0 Å². The number of nitrogens with one attached hydrogen (secondary N) is 1. The van der Waals surface area contributed by atoms with Crippen LogP contribution in [0.4, 0.5) is 10.1 Å². The van der Waals surface area contributed by atoms with Crippen molar-refractivity contribution in [2.24, 2.45) is 0 Å². The van der Waals surface area contributed by atoms with E-state index in [1.165, 1.54) is 12.8 Å². The third-order valence-electron chi connectivity index (χ3n) is 3.41. The molecule has 1 aliphatic rings. The van der Waals surface area contributed by atoms with Crippen LogP contribution in [-0.2, 0) is 6.54 Å². The Labute approximate surface area is 109 Å². The van der Waals surface area contributed by atoms with Crippen LogP contribution in [-0.4, -0.2) is 18.6 Å². The average Bonchev–Trinajstić information content (AvgIpc) is 3.10. The van der Waals surface area contributed by atoms with Crippen molar-refractivity contribution in [1.82, 2.24) is 5.32 Å². The molecule has 1 aliphatic carbocycles. The van der Waals surface area contributed by atoms with Crippen molar-refractivity contribution in [2.45, 2.75) is 52.2 Å². The third-order valence-corrected chi connectivity index (χ3v) is 3.41. The van der Waals surface area contributed by atoms with Crippen molar-refractivity contribution in [3.05, 3.63) is 29.6 Å². The number of nitrogens with zero attached hydrogens (tertiary/aromatic N) is 1. The fourth-order valence-electron chi connectivity index (χ4n) is 2.30. The van der Waals surface area contributed by atoms with Gasteiger partial charge in [0, 0.05) is 30.9 Å². The molecule has 1 saturated carbocycles. The van der Waals surface area contributed by atoms with Gasteiger partial charge in [0.25, 0.3) is 0 Å². The lowest BCUT2D eigenvalue weighted by molar-refractivity contribution is 0.615. The largest absolute Gasteiger partial charge is 0.369 e. The maximum absolute atomic E-state index is 13.7. The first-order valence-corrected chi connectivity index (χ1v) is 6.89. The number of benzene rings is 1. The van der Waals surface area contributed by atoms with Gasteiger partial charge >= 0.3 is 0 Å². The standard InChI is InChI=1S/C15H23FN2/c1-4-18(11(2)3)15-8-12(7-13(16)9-15)10-17-14-5-6-14/h7-9,11,14,17H,4-6,10H2,1-3H3. The average molecular weight is 250 g/mol. The minimum atomic E-state index is -0.140. The summed E-state index contributed by atoms with van der Waals surface area (Å²) >= 11 is 0. The van der Waals surface area contributed by atoms with Crippen LogP contribution < -0.4 is 10.2 Å². The Balaban J connectivity index is 2.13. The molecular weight excluding hydrogens is 227 g/mol. The fraction of sp³-hybridized carbons (Fsp3) is 0.600. The summed E-state index contributed by atoms with van der Waals surface area (Å²) in [7, 11) is 0. The lowest BCUT2D eigenvalue weighted by atomic mass is 10.1. The van der Waals surface area contributed by atoms with E-state index in [2.05, 4.69) is 37.1 Å². The van der Waals surface area contributed by atoms with Gasteiger partial charge in [-0.3, -0.25) is 0 Å². The summed E-state index contributed by atoms with van der Waals surface area (Å²) in [4.78, 5) is 2.21.